The second kappa shape index (κ2) is 7.78. The van der Waals surface area contributed by atoms with E-state index in [0.29, 0.717) is 17.8 Å². The average molecular weight is 290 g/mol. The number of anilines is 1. The number of nitrogens with zero attached hydrogens (tertiary/aromatic N) is 1. The summed E-state index contributed by atoms with van der Waals surface area (Å²) in [6.07, 6.45) is 4.74. The van der Waals surface area contributed by atoms with Gasteiger partial charge in [-0.25, -0.2) is 0 Å². The van der Waals surface area contributed by atoms with Crippen LogP contribution < -0.4 is 5.32 Å². The molecule has 1 aromatic rings. The van der Waals surface area contributed by atoms with E-state index in [2.05, 4.69) is 10.5 Å². The molecule has 2 rings (SSSR count). The number of carbonyl (C=O) groups is 1. The third kappa shape index (κ3) is 4.56. The van der Waals surface area contributed by atoms with Crippen molar-refractivity contribution < 1.29 is 14.7 Å². The smallest absolute Gasteiger partial charge is 0.224 e. The molecule has 1 saturated heterocycles. The van der Waals surface area contributed by atoms with Crippen molar-refractivity contribution in [1.29, 1.82) is 0 Å². The molecule has 0 spiro atoms. The lowest BCUT2D eigenvalue weighted by atomic mass is 10.0. The van der Waals surface area contributed by atoms with Crippen molar-refractivity contribution in [2.24, 2.45) is 5.16 Å². The Morgan fingerprint density at radius 2 is 2.24 bits per heavy atom. The first-order valence-electron chi connectivity index (χ1n) is 7.40. The summed E-state index contributed by atoms with van der Waals surface area (Å²) in [5, 5.41) is 14.9. The van der Waals surface area contributed by atoms with Gasteiger partial charge >= 0.3 is 0 Å². The molecule has 114 valence electrons. The van der Waals surface area contributed by atoms with Crippen LogP contribution in [-0.4, -0.2) is 29.5 Å². The van der Waals surface area contributed by atoms with Gasteiger partial charge in [-0.05, 0) is 38.7 Å². The highest BCUT2D eigenvalue weighted by molar-refractivity contribution is 6.06. The maximum atomic E-state index is 12.0. The molecule has 0 aromatic heterocycles. The Labute approximate surface area is 125 Å². The van der Waals surface area contributed by atoms with Crippen LogP contribution in [0.2, 0.25) is 0 Å². The van der Waals surface area contributed by atoms with Crippen LogP contribution in [0.1, 0.15) is 44.6 Å². The second-order valence-corrected chi connectivity index (χ2v) is 5.31. The molecule has 1 atom stereocenters. The lowest BCUT2D eigenvalue weighted by Gasteiger charge is -2.22. The van der Waals surface area contributed by atoms with E-state index in [4.69, 9.17) is 9.94 Å². The fraction of sp³-hybridized carbons (Fsp3) is 0.500. The summed E-state index contributed by atoms with van der Waals surface area (Å²) in [5.41, 5.74) is 1.87. The summed E-state index contributed by atoms with van der Waals surface area (Å²) in [4.78, 5) is 12.0. The number of rotatable bonds is 5. The fourth-order valence-electron chi connectivity index (χ4n) is 2.50. The summed E-state index contributed by atoms with van der Waals surface area (Å²) in [6, 6.07) is 7.30. The minimum atomic E-state index is -0.0395. The van der Waals surface area contributed by atoms with Gasteiger partial charge in [-0.2, -0.15) is 0 Å². The Kier molecular flexibility index (Phi) is 5.75. The minimum absolute atomic E-state index is 0.0395. The zero-order valence-electron chi connectivity index (χ0n) is 12.3. The van der Waals surface area contributed by atoms with Gasteiger partial charge in [0.15, 0.2) is 0 Å². The summed E-state index contributed by atoms with van der Waals surface area (Å²) in [5.74, 6) is -0.0395. The molecule has 1 unspecified atom stereocenters. The number of amides is 1. The molecule has 5 nitrogen and oxygen atoms in total. The van der Waals surface area contributed by atoms with Gasteiger partial charge in [0.25, 0.3) is 0 Å². The summed E-state index contributed by atoms with van der Waals surface area (Å²) in [7, 11) is 0. The van der Waals surface area contributed by atoms with Gasteiger partial charge in [-0.1, -0.05) is 23.4 Å². The number of nitrogens with one attached hydrogen (secondary N) is 1. The topological polar surface area (TPSA) is 70.9 Å². The standard InChI is InChI=1S/C16H22N2O3/c1-12(18-20)14-7-2-3-8-15(14)17-16(19)10-9-13-6-4-5-11-21-13/h2-3,7-8,13,20H,4-6,9-11H2,1H3,(H,17,19). The minimum Gasteiger partial charge on any atom is -0.411 e. The number of oxime groups is 1. The lowest BCUT2D eigenvalue weighted by molar-refractivity contribution is -0.117. The molecule has 1 aliphatic rings. The third-order valence-electron chi connectivity index (χ3n) is 3.71. The summed E-state index contributed by atoms with van der Waals surface area (Å²) in [6.45, 7) is 2.50. The number of carbonyl (C=O) groups excluding carboxylic acids is 1. The lowest BCUT2D eigenvalue weighted by Crippen LogP contribution is -2.22. The van der Waals surface area contributed by atoms with E-state index in [-0.39, 0.29) is 12.0 Å². The van der Waals surface area contributed by atoms with E-state index in [1.807, 2.05) is 18.2 Å². The van der Waals surface area contributed by atoms with E-state index in [0.717, 1.165) is 31.4 Å². The van der Waals surface area contributed by atoms with Crippen molar-refractivity contribution in [1.82, 2.24) is 0 Å². The molecule has 1 fully saturated rings. The number of benzene rings is 1. The molecule has 0 aliphatic carbocycles. The van der Waals surface area contributed by atoms with Gasteiger partial charge in [0.05, 0.1) is 11.8 Å². The quantitative estimate of drug-likeness (QED) is 0.497. The zero-order valence-corrected chi connectivity index (χ0v) is 12.3. The van der Waals surface area contributed by atoms with Gasteiger partial charge < -0.3 is 15.3 Å². The Balaban J connectivity index is 1.90. The summed E-state index contributed by atoms with van der Waals surface area (Å²) < 4.78 is 5.63. The highest BCUT2D eigenvalue weighted by Crippen LogP contribution is 2.19. The Bertz CT molecular complexity index is 508. The molecule has 0 bridgehead atoms. The van der Waals surface area contributed by atoms with Gasteiger partial charge in [-0.3, -0.25) is 4.79 Å². The van der Waals surface area contributed by atoms with Gasteiger partial charge in [-0.15, -0.1) is 0 Å². The number of para-hydroxylation sites is 1. The maximum absolute atomic E-state index is 12.0. The molecule has 21 heavy (non-hydrogen) atoms. The number of hydrogen-bond donors (Lipinski definition) is 2. The molecule has 5 heteroatoms. The SMILES string of the molecule is CC(=NO)c1ccccc1NC(=O)CCC1CCCCO1. The molecule has 0 radical (unpaired) electrons. The number of hydrogen-bond acceptors (Lipinski definition) is 4. The van der Waals surface area contributed by atoms with Crippen LogP contribution in [0.25, 0.3) is 0 Å². The fourth-order valence-corrected chi connectivity index (χ4v) is 2.50. The van der Waals surface area contributed by atoms with Crippen LogP contribution in [0.3, 0.4) is 0 Å². The molecular formula is C16H22N2O3. The Morgan fingerprint density at radius 1 is 1.43 bits per heavy atom. The van der Waals surface area contributed by atoms with Gasteiger partial charge in [0, 0.05) is 24.3 Å². The maximum Gasteiger partial charge on any atom is 0.224 e. The zero-order chi connectivity index (χ0) is 15.1. The van der Waals surface area contributed by atoms with E-state index in [1.54, 1.807) is 13.0 Å². The van der Waals surface area contributed by atoms with E-state index >= 15 is 0 Å². The molecule has 1 aliphatic heterocycles. The van der Waals surface area contributed by atoms with Crippen molar-refractivity contribution >= 4 is 17.3 Å². The van der Waals surface area contributed by atoms with Crippen LogP contribution in [0, 0.1) is 0 Å². The molecule has 1 amide bonds. The van der Waals surface area contributed by atoms with Gasteiger partial charge in [0.1, 0.15) is 0 Å². The van der Waals surface area contributed by atoms with Crippen molar-refractivity contribution in [3.05, 3.63) is 29.8 Å². The van der Waals surface area contributed by atoms with Crippen molar-refractivity contribution in [3.63, 3.8) is 0 Å². The van der Waals surface area contributed by atoms with E-state index < -0.39 is 0 Å². The van der Waals surface area contributed by atoms with Crippen molar-refractivity contribution in [2.45, 2.75) is 45.1 Å². The van der Waals surface area contributed by atoms with Crippen LogP contribution in [0.15, 0.2) is 29.4 Å². The van der Waals surface area contributed by atoms with Crippen LogP contribution in [0.4, 0.5) is 5.69 Å². The van der Waals surface area contributed by atoms with Crippen LogP contribution in [0.5, 0.6) is 0 Å². The first-order chi connectivity index (χ1) is 10.2. The van der Waals surface area contributed by atoms with E-state index in [1.165, 1.54) is 6.42 Å². The van der Waals surface area contributed by atoms with E-state index in [9.17, 15) is 4.79 Å². The highest BCUT2D eigenvalue weighted by atomic mass is 16.5. The highest BCUT2D eigenvalue weighted by Gasteiger charge is 2.16. The predicted molar refractivity (Wildman–Crippen MR) is 81.9 cm³/mol. The van der Waals surface area contributed by atoms with Gasteiger partial charge in [0.2, 0.25) is 5.91 Å². The first-order valence-corrected chi connectivity index (χ1v) is 7.40. The van der Waals surface area contributed by atoms with Crippen molar-refractivity contribution in [3.8, 4) is 0 Å². The number of ether oxygens (including phenoxy) is 1. The first kappa shape index (κ1) is 15.5. The second-order valence-electron chi connectivity index (χ2n) is 5.31. The Hall–Kier alpha value is -1.88. The molecule has 0 saturated carbocycles. The van der Waals surface area contributed by atoms with Crippen molar-refractivity contribution in [2.75, 3.05) is 11.9 Å². The molecule has 1 heterocycles. The largest absolute Gasteiger partial charge is 0.411 e. The average Bonchev–Trinajstić information content (AvgIpc) is 2.54. The normalized spacial score (nSPS) is 19.3. The third-order valence-corrected chi connectivity index (χ3v) is 3.71. The Morgan fingerprint density at radius 3 is 2.95 bits per heavy atom. The molecule has 1 aromatic carbocycles. The predicted octanol–water partition coefficient (Wildman–Crippen LogP) is 3.17. The summed E-state index contributed by atoms with van der Waals surface area (Å²) >= 11 is 0. The van der Waals surface area contributed by atoms with Crippen LogP contribution in [-0.2, 0) is 9.53 Å². The molecule has 2 N–H and O–H groups in total. The monoisotopic (exact) mass is 290 g/mol. The molecular weight excluding hydrogens is 268 g/mol. The van der Waals surface area contributed by atoms with Crippen LogP contribution >= 0.6 is 0 Å².